The van der Waals surface area contributed by atoms with E-state index in [1.165, 1.54) is 7.11 Å². The zero-order valence-electron chi connectivity index (χ0n) is 11.8. The molecule has 0 aromatic heterocycles. The van der Waals surface area contributed by atoms with Crippen molar-refractivity contribution in [2.24, 2.45) is 5.92 Å². The standard InChI is InChI=1S/C14H20O4S/c1-10(14(15)18-4)8-19-9-11-7-12(16-2)5-6-13(11)17-3/h5-7,10H,8-9H2,1-4H3. The Morgan fingerprint density at radius 1 is 1.26 bits per heavy atom. The number of carbonyl (C=O) groups excluding carboxylic acids is 1. The number of hydrogen-bond donors (Lipinski definition) is 0. The fourth-order valence-electron chi connectivity index (χ4n) is 1.61. The van der Waals surface area contributed by atoms with E-state index in [-0.39, 0.29) is 11.9 Å². The first kappa shape index (κ1) is 15.7. The van der Waals surface area contributed by atoms with Gasteiger partial charge in [0.15, 0.2) is 0 Å². The first-order chi connectivity index (χ1) is 9.12. The monoisotopic (exact) mass is 284 g/mol. The van der Waals surface area contributed by atoms with E-state index in [2.05, 4.69) is 0 Å². The van der Waals surface area contributed by atoms with Gasteiger partial charge >= 0.3 is 5.97 Å². The fourth-order valence-corrected chi connectivity index (χ4v) is 2.66. The minimum atomic E-state index is -0.176. The van der Waals surface area contributed by atoms with Crippen LogP contribution in [0.4, 0.5) is 0 Å². The Morgan fingerprint density at radius 2 is 2.00 bits per heavy atom. The van der Waals surface area contributed by atoms with Crippen LogP contribution >= 0.6 is 11.8 Å². The van der Waals surface area contributed by atoms with Gasteiger partial charge in [0.05, 0.1) is 27.2 Å². The summed E-state index contributed by atoms with van der Waals surface area (Å²) in [5.74, 6) is 2.84. The number of methoxy groups -OCH3 is 3. The molecule has 0 aliphatic rings. The summed E-state index contributed by atoms with van der Waals surface area (Å²) in [7, 11) is 4.69. The molecule has 0 saturated heterocycles. The van der Waals surface area contributed by atoms with Crippen LogP contribution in [0.1, 0.15) is 12.5 Å². The largest absolute Gasteiger partial charge is 0.497 e. The van der Waals surface area contributed by atoms with Crippen LogP contribution in [-0.4, -0.2) is 33.1 Å². The minimum absolute atomic E-state index is 0.105. The highest BCUT2D eigenvalue weighted by atomic mass is 32.2. The number of thioether (sulfide) groups is 1. The quantitative estimate of drug-likeness (QED) is 0.720. The van der Waals surface area contributed by atoms with Gasteiger partial charge in [0, 0.05) is 17.1 Å². The molecule has 0 spiro atoms. The van der Waals surface area contributed by atoms with Crippen LogP contribution in [0.25, 0.3) is 0 Å². The van der Waals surface area contributed by atoms with Crippen molar-refractivity contribution in [2.75, 3.05) is 27.1 Å². The second kappa shape index (κ2) is 7.94. The van der Waals surface area contributed by atoms with Crippen LogP contribution in [-0.2, 0) is 15.3 Å². The van der Waals surface area contributed by atoms with Gasteiger partial charge in [-0.25, -0.2) is 0 Å². The van der Waals surface area contributed by atoms with Crippen molar-refractivity contribution in [2.45, 2.75) is 12.7 Å². The molecular formula is C14H20O4S. The second-order valence-corrected chi connectivity index (χ2v) is 5.15. The topological polar surface area (TPSA) is 44.8 Å². The number of benzene rings is 1. The van der Waals surface area contributed by atoms with Crippen LogP contribution < -0.4 is 9.47 Å². The van der Waals surface area contributed by atoms with Crippen molar-refractivity contribution in [1.29, 1.82) is 0 Å². The van der Waals surface area contributed by atoms with Gasteiger partial charge in [-0.1, -0.05) is 6.92 Å². The molecule has 19 heavy (non-hydrogen) atoms. The van der Waals surface area contributed by atoms with Crippen molar-refractivity contribution in [1.82, 2.24) is 0 Å². The molecule has 0 saturated carbocycles. The summed E-state index contributed by atoms with van der Waals surface area (Å²) in [6.07, 6.45) is 0. The molecule has 0 N–H and O–H groups in total. The minimum Gasteiger partial charge on any atom is -0.497 e. The number of rotatable bonds is 7. The lowest BCUT2D eigenvalue weighted by molar-refractivity contribution is -0.143. The molecule has 0 heterocycles. The summed E-state index contributed by atoms with van der Waals surface area (Å²) in [6.45, 7) is 1.86. The van der Waals surface area contributed by atoms with Crippen molar-refractivity contribution >= 4 is 17.7 Å². The molecule has 4 nitrogen and oxygen atoms in total. The molecule has 1 rings (SSSR count). The molecule has 0 fully saturated rings. The first-order valence-electron chi connectivity index (χ1n) is 5.98. The smallest absolute Gasteiger partial charge is 0.309 e. The van der Waals surface area contributed by atoms with E-state index in [1.807, 2.05) is 25.1 Å². The van der Waals surface area contributed by atoms with Crippen LogP contribution in [0, 0.1) is 5.92 Å². The summed E-state index contributed by atoms with van der Waals surface area (Å²) < 4.78 is 15.2. The Kier molecular flexibility index (Phi) is 6.56. The van der Waals surface area contributed by atoms with Crippen LogP contribution in [0.5, 0.6) is 11.5 Å². The van der Waals surface area contributed by atoms with Crippen molar-refractivity contribution in [3.05, 3.63) is 23.8 Å². The average Bonchev–Trinajstić information content (AvgIpc) is 2.45. The highest BCUT2D eigenvalue weighted by Crippen LogP contribution is 2.28. The molecule has 0 radical (unpaired) electrons. The summed E-state index contributed by atoms with van der Waals surface area (Å²) in [4.78, 5) is 11.3. The fraction of sp³-hybridized carbons (Fsp3) is 0.500. The molecule has 1 unspecified atom stereocenters. The highest BCUT2D eigenvalue weighted by molar-refractivity contribution is 7.98. The maximum atomic E-state index is 11.3. The predicted octanol–water partition coefficient (Wildman–Crippen LogP) is 2.75. The second-order valence-electron chi connectivity index (χ2n) is 4.12. The Balaban J connectivity index is 2.59. The number of ether oxygens (including phenoxy) is 3. The lowest BCUT2D eigenvalue weighted by Crippen LogP contribution is -2.14. The van der Waals surface area contributed by atoms with Crippen molar-refractivity contribution in [3.8, 4) is 11.5 Å². The average molecular weight is 284 g/mol. The van der Waals surface area contributed by atoms with Gasteiger partial charge in [-0.2, -0.15) is 11.8 Å². The molecule has 1 aromatic carbocycles. The first-order valence-corrected chi connectivity index (χ1v) is 7.14. The van der Waals surface area contributed by atoms with E-state index in [0.717, 1.165) is 22.8 Å². The third kappa shape index (κ3) is 4.67. The number of hydrogen-bond acceptors (Lipinski definition) is 5. The molecule has 0 bridgehead atoms. The van der Waals surface area contributed by atoms with E-state index in [1.54, 1.807) is 26.0 Å². The normalized spacial score (nSPS) is 11.8. The molecule has 1 atom stereocenters. The lowest BCUT2D eigenvalue weighted by atomic mass is 10.2. The van der Waals surface area contributed by atoms with Gasteiger partial charge in [-0.3, -0.25) is 4.79 Å². The zero-order chi connectivity index (χ0) is 14.3. The van der Waals surface area contributed by atoms with Gasteiger partial charge in [-0.05, 0) is 18.2 Å². The highest BCUT2D eigenvalue weighted by Gasteiger charge is 2.13. The van der Waals surface area contributed by atoms with Gasteiger partial charge < -0.3 is 14.2 Å². The summed E-state index contributed by atoms with van der Waals surface area (Å²) in [5.41, 5.74) is 1.06. The van der Waals surface area contributed by atoms with Gasteiger partial charge in [0.2, 0.25) is 0 Å². The molecule has 5 heteroatoms. The third-order valence-electron chi connectivity index (χ3n) is 2.72. The molecule has 0 aliphatic carbocycles. The Morgan fingerprint density at radius 3 is 2.58 bits per heavy atom. The number of esters is 1. The van der Waals surface area contributed by atoms with Crippen LogP contribution in [0.15, 0.2) is 18.2 Å². The zero-order valence-corrected chi connectivity index (χ0v) is 12.6. The van der Waals surface area contributed by atoms with E-state index >= 15 is 0 Å². The van der Waals surface area contributed by atoms with Gasteiger partial charge in [0.25, 0.3) is 0 Å². The van der Waals surface area contributed by atoms with Crippen LogP contribution in [0.3, 0.4) is 0 Å². The van der Waals surface area contributed by atoms with E-state index in [9.17, 15) is 4.79 Å². The molecule has 1 aromatic rings. The Hall–Kier alpha value is -1.36. The van der Waals surface area contributed by atoms with Crippen molar-refractivity contribution < 1.29 is 19.0 Å². The van der Waals surface area contributed by atoms with E-state index in [4.69, 9.17) is 14.2 Å². The predicted molar refractivity (Wildman–Crippen MR) is 76.9 cm³/mol. The summed E-state index contributed by atoms with van der Waals surface area (Å²) in [6, 6.07) is 5.71. The molecule has 0 amide bonds. The van der Waals surface area contributed by atoms with Crippen molar-refractivity contribution in [3.63, 3.8) is 0 Å². The summed E-state index contributed by atoms with van der Waals surface area (Å²) >= 11 is 1.67. The van der Waals surface area contributed by atoms with E-state index < -0.39 is 0 Å². The Bertz CT molecular complexity index is 420. The SMILES string of the molecule is COC(=O)C(C)CSCc1cc(OC)ccc1OC. The van der Waals surface area contributed by atoms with E-state index in [0.29, 0.717) is 5.75 Å². The third-order valence-corrected chi connectivity index (χ3v) is 3.97. The molecule has 106 valence electrons. The van der Waals surface area contributed by atoms with Gasteiger partial charge in [-0.15, -0.1) is 0 Å². The molecular weight excluding hydrogens is 264 g/mol. The maximum Gasteiger partial charge on any atom is 0.309 e. The summed E-state index contributed by atoms with van der Waals surface area (Å²) in [5, 5.41) is 0. The van der Waals surface area contributed by atoms with Crippen LogP contribution in [0.2, 0.25) is 0 Å². The van der Waals surface area contributed by atoms with Gasteiger partial charge in [0.1, 0.15) is 11.5 Å². The lowest BCUT2D eigenvalue weighted by Gasteiger charge is -2.12. The maximum absolute atomic E-state index is 11.3. The Labute approximate surface area is 118 Å². The number of carbonyl (C=O) groups is 1. The molecule has 0 aliphatic heterocycles.